The second kappa shape index (κ2) is 9.20. The summed E-state index contributed by atoms with van der Waals surface area (Å²) in [6, 6.07) is 25.7. The lowest BCUT2D eigenvalue weighted by molar-refractivity contribution is -0.119. The second-order valence-electron chi connectivity index (χ2n) is 8.43. The highest BCUT2D eigenvalue weighted by atomic mass is 35.5. The molecule has 0 bridgehead atoms. The lowest BCUT2D eigenvalue weighted by Gasteiger charge is -2.09. The van der Waals surface area contributed by atoms with Gasteiger partial charge in [0, 0.05) is 23.0 Å². The van der Waals surface area contributed by atoms with Gasteiger partial charge in [-0.3, -0.25) is 9.36 Å². The van der Waals surface area contributed by atoms with Crippen molar-refractivity contribution in [2.75, 3.05) is 0 Å². The number of carbonyl (C=O) groups excluding carboxylic acids is 1. The van der Waals surface area contributed by atoms with E-state index < -0.39 is 0 Å². The molecule has 0 radical (unpaired) electrons. The van der Waals surface area contributed by atoms with Crippen molar-refractivity contribution in [3.63, 3.8) is 0 Å². The quantitative estimate of drug-likeness (QED) is 0.347. The number of Topliss-reactive ketones (excluding diaryl/α,β-unsaturated/α-hetero) is 1. The Balaban J connectivity index is 1.34. The fourth-order valence-corrected chi connectivity index (χ4v) is 4.26. The van der Waals surface area contributed by atoms with E-state index in [-0.39, 0.29) is 24.1 Å². The number of aryl methyl sites for hydroxylation is 1. The van der Waals surface area contributed by atoms with Gasteiger partial charge in [0.1, 0.15) is 6.54 Å². The van der Waals surface area contributed by atoms with Gasteiger partial charge >= 0.3 is 5.69 Å². The van der Waals surface area contributed by atoms with Gasteiger partial charge in [-0.1, -0.05) is 66.2 Å². The SMILES string of the molecule is O=C(CCc1ccccc1-c1ccccc1)Cn1nc(-c2ccc(Cl)cc2)n(C2CC2)c1=O. The summed E-state index contributed by atoms with van der Waals surface area (Å²) in [4.78, 5) is 25.9. The molecule has 0 saturated heterocycles. The van der Waals surface area contributed by atoms with Crippen LogP contribution in [0.15, 0.2) is 83.7 Å². The first-order chi connectivity index (χ1) is 16.1. The molecular weight excluding hydrogens is 434 g/mol. The molecule has 6 heteroatoms. The molecule has 5 nitrogen and oxygen atoms in total. The highest BCUT2D eigenvalue weighted by Crippen LogP contribution is 2.36. The molecule has 3 aromatic carbocycles. The monoisotopic (exact) mass is 457 g/mol. The number of hydrogen-bond acceptors (Lipinski definition) is 3. The molecule has 1 aliphatic carbocycles. The van der Waals surface area contributed by atoms with Crippen LogP contribution in [0.4, 0.5) is 0 Å². The Morgan fingerprint density at radius 1 is 0.909 bits per heavy atom. The summed E-state index contributed by atoms with van der Waals surface area (Å²) >= 11 is 6.02. The maximum absolute atomic E-state index is 13.0. The zero-order valence-electron chi connectivity index (χ0n) is 18.2. The van der Waals surface area contributed by atoms with E-state index in [2.05, 4.69) is 29.4 Å². The largest absolute Gasteiger partial charge is 0.346 e. The lowest BCUT2D eigenvalue weighted by Crippen LogP contribution is -2.27. The van der Waals surface area contributed by atoms with Crippen molar-refractivity contribution in [2.24, 2.45) is 0 Å². The summed E-state index contributed by atoms with van der Waals surface area (Å²) in [6.07, 6.45) is 2.88. The van der Waals surface area contributed by atoms with E-state index in [9.17, 15) is 9.59 Å². The van der Waals surface area contributed by atoms with Crippen molar-refractivity contribution in [1.29, 1.82) is 0 Å². The topological polar surface area (TPSA) is 56.9 Å². The van der Waals surface area contributed by atoms with Gasteiger partial charge in [-0.15, -0.1) is 5.10 Å². The van der Waals surface area contributed by atoms with Gasteiger partial charge in [0.15, 0.2) is 11.6 Å². The third kappa shape index (κ3) is 4.69. The minimum atomic E-state index is -0.222. The van der Waals surface area contributed by atoms with Gasteiger partial charge in [0.25, 0.3) is 0 Å². The Morgan fingerprint density at radius 2 is 1.61 bits per heavy atom. The summed E-state index contributed by atoms with van der Waals surface area (Å²) in [5, 5.41) is 5.16. The Labute approximate surface area is 197 Å². The van der Waals surface area contributed by atoms with E-state index in [0.29, 0.717) is 23.7 Å². The number of halogens is 1. The molecule has 1 fully saturated rings. The van der Waals surface area contributed by atoms with Gasteiger partial charge in [-0.05, 0) is 60.2 Å². The van der Waals surface area contributed by atoms with E-state index in [1.165, 1.54) is 4.68 Å². The fourth-order valence-electron chi connectivity index (χ4n) is 4.14. The van der Waals surface area contributed by atoms with Gasteiger partial charge in [0.05, 0.1) is 0 Å². The molecule has 0 aliphatic heterocycles. The van der Waals surface area contributed by atoms with Crippen LogP contribution in [0.5, 0.6) is 0 Å². The van der Waals surface area contributed by atoms with Crippen LogP contribution in [-0.2, 0) is 17.8 Å². The van der Waals surface area contributed by atoms with Crippen LogP contribution in [-0.4, -0.2) is 20.1 Å². The van der Waals surface area contributed by atoms with Crippen molar-refractivity contribution in [3.05, 3.63) is 99.9 Å². The number of hydrogen-bond donors (Lipinski definition) is 0. The van der Waals surface area contributed by atoms with Crippen LogP contribution in [0, 0.1) is 0 Å². The average molecular weight is 458 g/mol. The summed E-state index contributed by atoms with van der Waals surface area (Å²) < 4.78 is 3.04. The predicted octanol–water partition coefficient (Wildman–Crippen LogP) is 5.57. The number of rotatable bonds is 8. The van der Waals surface area contributed by atoms with Crippen LogP contribution in [0.1, 0.15) is 30.9 Å². The van der Waals surface area contributed by atoms with Crippen molar-refractivity contribution in [3.8, 4) is 22.5 Å². The minimum absolute atomic E-state index is 0.0110. The number of benzene rings is 3. The molecule has 166 valence electrons. The molecule has 1 aromatic heterocycles. The Kier molecular flexibility index (Phi) is 5.97. The smallest absolute Gasteiger partial charge is 0.298 e. The van der Waals surface area contributed by atoms with E-state index in [4.69, 9.17) is 11.6 Å². The molecule has 1 heterocycles. The molecule has 0 N–H and O–H groups in total. The van der Waals surface area contributed by atoms with Crippen molar-refractivity contribution in [2.45, 2.75) is 38.3 Å². The molecule has 0 amide bonds. The third-order valence-electron chi connectivity index (χ3n) is 5.99. The highest BCUT2D eigenvalue weighted by molar-refractivity contribution is 6.30. The molecule has 5 rings (SSSR count). The maximum Gasteiger partial charge on any atom is 0.346 e. The van der Waals surface area contributed by atoms with E-state index in [0.717, 1.165) is 35.1 Å². The predicted molar refractivity (Wildman–Crippen MR) is 130 cm³/mol. The van der Waals surface area contributed by atoms with Gasteiger partial charge in [0.2, 0.25) is 0 Å². The van der Waals surface area contributed by atoms with Gasteiger partial charge in [-0.25, -0.2) is 9.48 Å². The first-order valence-corrected chi connectivity index (χ1v) is 11.6. The molecule has 0 atom stereocenters. The summed E-state index contributed by atoms with van der Waals surface area (Å²) in [6.45, 7) is -0.0212. The van der Waals surface area contributed by atoms with Crippen LogP contribution < -0.4 is 5.69 Å². The summed E-state index contributed by atoms with van der Waals surface area (Å²) in [7, 11) is 0. The second-order valence-corrected chi connectivity index (χ2v) is 8.87. The lowest BCUT2D eigenvalue weighted by atomic mass is 9.96. The first kappa shape index (κ1) is 21.4. The summed E-state index contributed by atoms with van der Waals surface area (Å²) in [5.41, 5.74) is 3.99. The molecule has 33 heavy (non-hydrogen) atoms. The van der Waals surface area contributed by atoms with Crippen molar-refractivity contribution in [1.82, 2.24) is 14.3 Å². The standard InChI is InChI=1S/C27H24ClN3O2/c28-22-13-10-21(11-14-22)26-29-30(27(33)31(26)23-15-16-23)18-24(32)17-12-20-8-4-5-9-25(20)19-6-2-1-3-7-19/h1-11,13-14,23H,12,15-18H2. The van der Waals surface area contributed by atoms with Crippen LogP contribution >= 0.6 is 11.6 Å². The van der Waals surface area contributed by atoms with Crippen molar-refractivity contribution < 1.29 is 4.79 Å². The third-order valence-corrected chi connectivity index (χ3v) is 6.24. The average Bonchev–Trinajstić information content (AvgIpc) is 3.63. The van der Waals surface area contributed by atoms with Gasteiger partial charge < -0.3 is 0 Å². The number of aromatic nitrogens is 3. The molecule has 0 unspecified atom stereocenters. The highest BCUT2D eigenvalue weighted by Gasteiger charge is 2.30. The molecule has 0 spiro atoms. The van der Waals surface area contributed by atoms with E-state index in [1.54, 1.807) is 16.7 Å². The zero-order valence-corrected chi connectivity index (χ0v) is 18.9. The maximum atomic E-state index is 13.0. The van der Waals surface area contributed by atoms with Crippen LogP contribution in [0.25, 0.3) is 22.5 Å². The Hall–Kier alpha value is -3.44. The number of carbonyl (C=O) groups is 1. The first-order valence-electron chi connectivity index (χ1n) is 11.2. The molecule has 1 aliphatic rings. The van der Waals surface area contributed by atoms with E-state index >= 15 is 0 Å². The molecule has 1 saturated carbocycles. The molecular formula is C27H24ClN3O2. The van der Waals surface area contributed by atoms with Crippen molar-refractivity contribution >= 4 is 17.4 Å². The number of ketones is 1. The van der Waals surface area contributed by atoms with Gasteiger partial charge in [-0.2, -0.15) is 0 Å². The zero-order chi connectivity index (χ0) is 22.8. The Bertz CT molecular complexity index is 1340. The fraction of sp³-hybridized carbons (Fsp3) is 0.222. The van der Waals surface area contributed by atoms with Crippen LogP contribution in [0.3, 0.4) is 0 Å². The number of nitrogens with zero attached hydrogens (tertiary/aromatic N) is 3. The molecule has 4 aromatic rings. The Morgan fingerprint density at radius 3 is 2.33 bits per heavy atom. The van der Waals surface area contributed by atoms with E-state index in [1.807, 2.05) is 42.5 Å². The summed E-state index contributed by atoms with van der Waals surface area (Å²) in [5.74, 6) is 0.587. The normalized spacial score (nSPS) is 13.2. The minimum Gasteiger partial charge on any atom is -0.298 e. The van der Waals surface area contributed by atoms with Crippen LogP contribution in [0.2, 0.25) is 5.02 Å².